The van der Waals surface area contributed by atoms with E-state index in [1.165, 1.54) is 0 Å². The van der Waals surface area contributed by atoms with Crippen LogP contribution in [0.3, 0.4) is 0 Å². The Morgan fingerprint density at radius 1 is 1.69 bits per heavy atom. The van der Waals surface area contributed by atoms with Crippen LogP contribution in [0.1, 0.15) is 26.2 Å². The second kappa shape index (κ2) is 4.65. The van der Waals surface area contributed by atoms with Gasteiger partial charge in [0.15, 0.2) is 0 Å². The minimum Gasteiger partial charge on any atom is -0.323 e. The molecule has 0 aromatic carbocycles. The summed E-state index contributed by atoms with van der Waals surface area (Å²) in [6.45, 7) is 3.83. The molecule has 1 saturated heterocycles. The highest BCUT2D eigenvalue weighted by Crippen LogP contribution is 2.32. The number of hydrogen-bond acceptors (Lipinski definition) is 3. The maximum atomic E-state index is 12.2. The van der Waals surface area contributed by atoms with E-state index in [1.807, 2.05) is 0 Å². The van der Waals surface area contributed by atoms with E-state index in [4.69, 9.17) is 0 Å². The van der Waals surface area contributed by atoms with Gasteiger partial charge in [-0.25, -0.2) is 0 Å². The van der Waals surface area contributed by atoms with Crippen LogP contribution in [0.4, 0.5) is 5.69 Å². The van der Waals surface area contributed by atoms with Gasteiger partial charge in [0, 0.05) is 12.7 Å². The molecule has 1 aromatic rings. The molecule has 0 bridgehead atoms. The molecule has 16 heavy (non-hydrogen) atoms. The highest BCUT2D eigenvalue weighted by Gasteiger charge is 2.40. The van der Waals surface area contributed by atoms with Crippen LogP contribution < -0.4 is 10.6 Å². The van der Waals surface area contributed by atoms with Crippen molar-refractivity contribution in [3.63, 3.8) is 0 Å². The molecule has 0 saturated carbocycles. The summed E-state index contributed by atoms with van der Waals surface area (Å²) in [5.41, 5.74) is 0.513. The number of H-pyrrole nitrogens is 1. The summed E-state index contributed by atoms with van der Waals surface area (Å²) in [7, 11) is 0. The van der Waals surface area contributed by atoms with E-state index in [0.717, 1.165) is 38.0 Å². The molecule has 0 spiro atoms. The summed E-state index contributed by atoms with van der Waals surface area (Å²) >= 11 is 0. The molecule has 1 aromatic heterocycles. The highest BCUT2D eigenvalue weighted by molar-refractivity contribution is 5.95. The molecule has 1 atom stereocenters. The van der Waals surface area contributed by atoms with Crippen molar-refractivity contribution in [1.29, 1.82) is 0 Å². The monoisotopic (exact) mass is 222 g/mol. The number of nitrogens with zero attached hydrogens (tertiary/aromatic N) is 1. The molecule has 1 aliphatic rings. The van der Waals surface area contributed by atoms with Crippen LogP contribution in [-0.4, -0.2) is 29.2 Å². The van der Waals surface area contributed by atoms with E-state index in [-0.39, 0.29) is 11.3 Å². The fraction of sp³-hybridized carbons (Fsp3) is 0.636. The zero-order valence-corrected chi connectivity index (χ0v) is 9.55. The number of nitrogens with one attached hydrogen (secondary N) is 3. The third kappa shape index (κ3) is 2.09. The summed E-state index contributed by atoms with van der Waals surface area (Å²) in [6, 6.07) is 0. The predicted octanol–water partition coefficient (Wildman–Crippen LogP) is 1.13. The fourth-order valence-corrected chi connectivity index (χ4v) is 2.33. The quantitative estimate of drug-likeness (QED) is 0.715. The van der Waals surface area contributed by atoms with Crippen molar-refractivity contribution in [2.24, 2.45) is 5.41 Å². The molecule has 1 fully saturated rings. The van der Waals surface area contributed by atoms with Crippen LogP contribution in [0.25, 0.3) is 0 Å². The van der Waals surface area contributed by atoms with Gasteiger partial charge in [0.1, 0.15) is 0 Å². The first-order valence-corrected chi connectivity index (χ1v) is 5.78. The molecule has 5 nitrogen and oxygen atoms in total. The van der Waals surface area contributed by atoms with Crippen molar-refractivity contribution < 1.29 is 4.79 Å². The average molecular weight is 222 g/mol. The number of carbonyl (C=O) groups excluding carboxylic acids is 1. The van der Waals surface area contributed by atoms with Gasteiger partial charge in [0.25, 0.3) is 0 Å². The second-order valence-electron chi connectivity index (χ2n) is 4.40. The van der Waals surface area contributed by atoms with Gasteiger partial charge in [-0.1, -0.05) is 13.3 Å². The second-order valence-corrected chi connectivity index (χ2v) is 4.40. The van der Waals surface area contributed by atoms with Gasteiger partial charge in [-0.05, 0) is 19.4 Å². The Kier molecular flexibility index (Phi) is 3.24. The maximum absolute atomic E-state index is 12.2. The Morgan fingerprint density at radius 2 is 2.56 bits per heavy atom. The van der Waals surface area contributed by atoms with Crippen LogP contribution in [0, 0.1) is 5.41 Å². The lowest BCUT2D eigenvalue weighted by molar-refractivity contribution is -0.125. The molecule has 1 amide bonds. The smallest absolute Gasteiger partial charge is 0.232 e. The summed E-state index contributed by atoms with van der Waals surface area (Å²) in [5.74, 6) is 0.112. The Morgan fingerprint density at radius 3 is 3.12 bits per heavy atom. The minimum absolute atomic E-state index is 0.112. The molecule has 2 heterocycles. The zero-order chi connectivity index (χ0) is 11.4. The number of amides is 1. The highest BCUT2D eigenvalue weighted by atomic mass is 16.2. The van der Waals surface area contributed by atoms with Gasteiger partial charge in [-0.2, -0.15) is 5.10 Å². The normalized spacial score (nSPS) is 24.6. The number of aromatic amines is 1. The zero-order valence-electron chi connectivity index (χ0n) is 9.55. The standard InChI is InChI=1S/C11H18N4O/c1-2-3-11(4-5-12-8-11)10(16)15-9-6-13-14-7-9/h6-7,12H,2-5,8H2,1H3,(H,13,14)(H,15,16). The van der Waals surface area contributed by atoms with Crippen molar-refractivity contribution in [2.45, 2.75) is 26.2 Å². The largest absolute Gasteiger partial charge is 0.323 e. The van der Waals surface area contributed by atoms with Crippen LogP contribution in [-0.2, 0) is 4.79 Å². The topological polar surface area (TPSA) is 69.8 Å². The van der Waals surface area contributed by atoms with Gasteiger partial charge in [-0.15, -0.1) is 0 Å². The van der Waals surface area contributed by atoms with Crippen molar-refractivity contribution in [2.75, 3.05) is 18.4 Å². The van der Waals surface area contributed by atoms with Crippen molar-refractivity contribution in [1.82, 2.24) is 15.5 Å². The number of anilines is 1. The van der Waals surface area contributed by atoms with Gasteiger partial charge < -0.3 is 10.6 Å². The van der Waals surface area contributed by atoms with Crippen LogP contribution in [0.5, 0.6) is 0 Å². The van der Waals surface area contributed by atoms with Crippen molar-refractivity contribution in [3.05, 3.63) is 12.4 Å². The van der Waals surface area contributed by atoms with Crippen LogP contribution in [0.2, 0.25) is 0 Å². The van der Waals surface area contributed by atoms with E-state index in [2.05, 4.69) is 27.8 Å². The Bertz CT molecular complexity index is 341. The van der Waals surface area contributed by atoms with Gasteiger partial charge in [0.05, 0.1) is 17.3 Å². The van der Waals surface area contributed by atoms with E-state index in [1.54, 1.807) is 12.4 Å². The lowest BCUT2D eigenvalue weighted by Gasteiger charge is -2.25. The van der Waals surface area contributed by atoms with Gasteiger partial charge >= 0.3 is 0 Å². The predicted molar refractivity (Wildman–Crippen MR) is 62.0 cm³/mol. The average Bonchev–Trinajstić information content (AvgIpc) is 2.89. The molecule has 1 unspecified atom stereocenters. The fourth-order valence-electron chi connectivity index (χ4n) is 2.33. The van der Waals surface area contributed by atoms with Crippen LogP contribution in [0.15, 0.2) is 12.4 Å². The molecule has 2 rings (SSSR count). The summed E-state index contributed by atoms with van der Waals surface area (Å²) < 4.78 is 0. The van der Waals surface area contributed by atoms with Gasteiger partial charge in [0.2, 0.25) is 5.91 Å². The molecule has 0 aliphatic carbocycles. The summed E-state index contributed by atoms with van der Waals surface area (Å²) in [5, 5.41) is 12.7. The first kappa shape index (κ1) is 11.1. The molecular weight excluding hydrogens is 204 g/mol. The molecule has 3 N–H and O–H groups in total. The minimum atomic E-state index is -0.230. The molecule has 1 aliphatic heterocycles. The SMILES string of the molecule is CCCC1(C(=O)Nc2cn[nH]c2)CCNC1. The Labute approximate surface area is 95.0 Å². The number of aromatic nitrogens is 2. The molecule has 5 heteroatoms. The van der Waals surface area contributed by atoms with E-state index >= 15 is 0 Å². The van der Waals surface area contributed by atoms with Crippen molar-refractivity contribution >= 4 is 11.6 Å². The first-order valence-electron chi connectivity index (χ1n) is 5.78. The number of rotatable bonds is 4. The molecular formula is C11H18N4O. The van der Waals surface area contributed by atoms with Crippen LogP contribution >= 0.6 is 0 Å². The van der Waals surface area contributed by atoms with E-state index < -0.39 is 0 Å². The molecule has 88 valence electrons. The lowest BCUT2D eigenvalue weighted by atomic mass is 9.81. The third-order valence-electron chi connectivity index (χ3n) is 3.21. The number of carbonyl (C=O) groups is 1. The number of hydrogen-bond donors (Lipinski definition) is 3. The lowest BCUT2D eigenvalue weighted by Crippen LogP contribution is -2.38. The van der Waals surface area contributed by atoms with E-state index in [0.29, 0.717) is 0 Å². The van der Waals surface area contributed by atoms with E-state index in [9.17, 15) is 4.79 Å². The summed E-state index contributed by atoms with van der Waals surface area (Å²) in [4.78, 5) is 12.2. The Balaban J connectivity index is 2.05. The maximum Gasteiger partial charge on any atom is 0.232 e. The summed E-state index contributed by atoms with van der Waals surface area (Å²) in [6.07, 6.45) is 6.20. The van der Waals surface area contributed by atoms with Crippen molar-refractivity contribution in [3.8, 4) is 0 Å². The first-order chi connectivity index (χ1) is 7.77. The molecule has 0 radical (unpaired) electrons. The third-order valence-corrected chi connectivity index (χ3v) is 3.21. The van der Waals surface area contributed by atoms with Gasteiger partial charge in [-0.3, -0.25) is 9.89 Å². The Hall–Kier alpha value is -1.36.